The molecule has 62 valence electrons. The molecule has 0 heterocycles. The van der Waals surface area contributed by atoms with E-state index in [2.05, 4.69) is 25.4 Å². The second kappa shape index (κ2) is 31.1. The molecule has 0 N–H and O–H groups in total. The number of hydrogen-bond acceptors (Lipinski definition) is 0. The van der Waals surface area contributed by atoms with Gasteiger partial charge in [-0.2, -0.15) is 0 Å². The van der Waals surface area contributed by atoms with E-state index in [9.17, 15) is 0 Å². The summed E-state index contributed by atoms with van der Waals surface area (Å²) in [6.45, 7) is 4.50. The van der Waals surface area contributed by atoms with E-state index in [1.807, 2.05) is 0 Å². The van der Waals surface area contributed by atoms with Gasteiger partial charge in [-0.15, -0.1) is 47.0 Å². The standard InChI is InChI=1S/2C2H5.2CH3.2Al.2ClH/c2*1-2;;;;;;/h2*1H2,2H3;2*1H3;;;2*1H. The summed E-state index contributed by atoms with van der Waals surface area (Å²) in [5.74, 6) is 4.42. The third-order valence-electron chi connectivity index (χ3n) is 0.577. The molecule has 4 heteroatoms. The Morgan fingerprint density at radius 1 is 0.900 bits per heavy atom. The van der Waals surface area contributed by atoms with Crippen LogP contribution in [0.25, 0.3) is 0 Å². The molecular weight excluding hydrogens is 197 g/mol. The van der Waals surface area contributed by atoms with Crippen LogP contribution in [0, 0.1) is 0 Å². The predicted molar refractivity (Wildman–Crippen MR) is 58.7 cm³/mol. The number of halogens is 2. The predicted octanol–water partition coefficient (Wildman–Crippen LogP) is 3.20. The molecule has 0 aromatic rings. The van der Waals surface area contributed by atoms with Crippen molar-refractivity contribution < 1.29 is 0 Å². The van der Waals surface area contributed by atoms with Crippen LogP contribution in [-0.2, 0) is 0 Å². The van der Waals surface area contributed by atoms with Crippen LogP contribution < -0.4 is 0 Å². The van der Waals surface area contributed by atoms with Crippen LogP contribution in [0.15, 0.2) is 0 Å². The normalized spacial score (nSPS) is 5.20. The summed E-state index contributed by atoms with van der Waals surface area (Å²) >= 11 is 1.56. The fourth-order valence-electron chi connectivity index (χ4n) is 0.289. The average Bonchev–Trinajstić information content (AvgIpc) is 1.71. The summed E-state index contributed by atoms with van der Waals surface area (Å²) < 4.78 is 0. The van der Waals surface area contributed by atoms with Crippen molar-refractivity contribution in [2.75, 3.05) is 0 Å². The Hall–Kier alpha value is 1.64. The first-order valence-corrected chi connectivity index (χ1v) is 7.33. The van der Waals surface area contributed by atoms with Gasteiger partial charge in [-0.3, -0.25) is 0 Å². The van der Waals surface area contributed by atoms with Gasteiger partial charge in [-0.25, -0.2) is 0 Å². The van der Waals surface area contributed by atoms with Crippen molar-refractivity contribution in [3.05, 3.63) is 0 Å². The summed E-state index contributed by atoms with van der Waals surface area (Å²) in [6, 6.07) is 0. The molecule has 0 spiro atoms. The van der Waals surface area contributed by atoms with Crippen LogP contribution in [0.2, 0.25) is 22.1 Å². The zero-order valence-corrected chi connectivity index (χ0v) is 11.3. The Morgan fingerprint density at radius 2 is 1.10 bits per heavy atom. The van der Waals surface area contributed by atoms with Crippen LogP contribution in [0.5, 0.6) is 0 Å². The smallest absolute Gasteiger partial charge is 0.147 e. The Morgan fingerprint density at radius 3 is 1.10 bits per heavy atom. The molecule has 0 aliphatic heterocycles. The summed E-state index contributed by atoms with van der Waals surface area (Å²) in [6.07, 6.45) is 0. The first kappa shape index (κ1) is 22.6. The highest BCUT2D eigenvalue weighted by atomic mass is 35.5. The van der Waals surface area contributed by atoms with Crippen molar-refractivity contribution in [3.63, 3.8) is 0 Å². The molecule has 0 unspecified atom stereocenters. The SMILES string of the molecule is C[CH2][Al][CH2]C.Cl.Cl.[CH3][Al][CH3]. The first-order chi connectivity index (χ1) is 3.83. The van der Waals surface area contributed by atoms with Crippen LogP contribution in [-0.4, -0.2) is 30.4 Å². The Bertz CT molecular complexity index is 27.7. The molecule has 0 nitrogen and oxygen atoms in total. The molecule has 0 bridgehead atoms. The maximum atomic E-state index is 2.25. The van der Waals surface area contributed by atoms with Gasteiger partial charge in [0.1, 0.15) is 0 Å². The van der Waals surface area contributed by atoms with Gasteiger partial charge in [-0.1, -0.05) is 13.8 Å². The van der Waals surface area contributed by atoms with Gasteiger partial charge in [0.05, 0.1) is 0 Å². The van der Waals surface area contributed by atoms with Crippen molar-refractivity contribution in [3.8, 4) is 0 Å². The lowest BCUT2D eigenvalue weighted by atomic mass is 10.9. The molecule has 0 atom stereocenters. The lowest BCUT2D eigenvalue weighted by molar-refractivity contribution is 1.36. The van der Waals surface area contributed by atoms with E-state index >= 15 is 0 Å². The summed E-state index contributed by atoms with van der Waals surface area (Å²) in [7, 11) is 0. The zero-order valence-electron chi connectivity index (χ0n) is 7.39. The fraction of sp³-hybridized carbons (Fsp3) is 1.00. The van der Waals surface area contributed by atoms with Crippen LogP contribution in [0.3, 0.4) is 0 Å². The molecule has 2 radical (unpaired) electrons. The molecule has 0 aliphatic rings. The maximum absolute atomic E-state index is 2.25. The highest BCUT2D eigenvalue weighted by molar-refractivity contribution is 6.34. The maximum Gasteiger partial charge on any atom is 0.198 e. The second-order valence-electron chi connectivity index (χ2n) is 1.68. The molecular formula is C6H18Al2Cl2. The van der Waals surface area contributed by atoms with Gasteiger partial charge in [0, 0.05) is 0 Å². The van der Waals surface area contributed by atoms with Crippen molar-refractivity contribution >= 4 is 55.3 Å². The van der Waals surface area contributed by atoms with E-state index in [0.717, 1.165) is 30.4 Å². The van der Waals surface area contributed by atoms with Crippen molar-refractivity contribution in [2.45, 2.75) is 36.0 Å². The van der Waals surface area contributed by atoms with E-state index in [-0.39, 0.29) is 24.8 Å². The quantitative estimate of drug-likeness (QED) is 0.620. The molecule has 0 aromatic carbocycles. The molecule has 0 aromatic heterocycles. The highest BCUT2D eigenvalue weighted by Gasteiger charge is 1.74. The first-order valence-electron chi connectivity index (χ1n) is 3.39. The van der Waals surface area contributed by atoms with Crippen LogP contribution in [0.1, 0.15) is 13.8 Å². The minimum Gasteiger partial charge on any atom is -0.147 e. The molecule has 0 amide bonds. The third-order valence-corrected chi connectivity index (χ3v) is 1.73. The molecule has 0 aliphatic carbocycles. The van der Waals surface area contributed by atoms with Crippen LogP contribution in [0.4, 0.5) is 0 Å². The van der Waals surface area contributed by atoms with E-state index in [4.69, 9.17) is 0 Å². The van der Waals surface area contributed by atoms with Crippen LogP contribution >= 0.6 is 24.8 Å². The fourth-order valence-corrected chi connectivity index (χ4v) is 0.866. The Kier molecular flexibility index (Phi) is 70.2. The Balaban J connectivity index is -0.0000000326. The average molecular weight is 215 g/mol. The third kappa shape index (κ3) is 54.3. The van der Waals surface area contributed by atoms with Gasteiger partial charge in [0.25, 0.3) is 0 Å². The zero-order chi connectivity index (χ0) is 6.83. The summed E-state index contributed by atoms with van der Waals surface area (Å²) in [5, 5.41) is 2.85. The summed E-state index contributed by atoms with van der Waals surface area (Å²) in [4.78, 5) is 0. The molecule has 0 fully saturated rings. The minimum atomic E-state index is 0. The van der Waals surface area contributed by atoms with E-state index in [1.165, 1.54) is 10.6 Å². The number of rotatable bonds is 2. The van der Waals surface area contributed by atoms with Crippen molar-refractivity contribution in [1.82, 2.24) is 0 Å². The molecule has 0 saturated heterocycles. The molecule has 0 rings (SSSR count). The lowest BCUT2D eigenvalue weighted by Gasteiger charge is -1.74. The Labute approximate surface area is 90.8 Å². The minimum absolute atomic E-state index is 0. The lowest BCUT2D eigenvalue weighted by Crippen LogP contribution is -1.76. The summed E-state index contributed by atoms with van der Waals surface area (Å²) in [5.41, 5.74) is 0. The topological polar surface area (TPSA) is 0 Å². The van der Waals surface area contributed by atoms with Gasteiger partial charge < -0.3 is 0 Å². The second-order valence-corrected chi connectivity index (χ2v) is 5.05. The monoisotopic (exact) mass is 214 g/mol. The molecule has 0 saturated carbocycles. The van der Waals surface area contributed by atoms with E-state index in [0.29, 0.717) is 0 Å². The highest BCUT2D eigenvalue weighted by Crippen LogP contribution is 1.77. The molecule has 10 heavy (non-hydrogen) atoms. The van der Waals surface area contributed by atoms with Crippen molar-refractivity contribution in [2.24, 2.45) is 0 Å². The number of hydrogen-bond donors (Lipinski definition) is 0. The van der Waals surface area contributed by atoms with Gasteiger partial charge in [0.2, 0.25) is 0 Å². The van der Waals surface area contributed by atoms with E-state index < -0.39 is 0 Å². The largest absolute Gasteiger partial charge is 0.198 e. The van der Waals surface area contributed by atoms with E-state index in [1.54, 1.807) is 0 Å². The van der Waals surface area contributed by atoms with Gasteiger partial charge in [0.15, 0.2) is 30.4 Å². The van der Waals surface area contributed by atoms with Crippen molar-refractivity contribution in [1.29, 1.82) is 0 Å². The van der Waals surface area contributed by atoms with Gasteiger partial charge in [-0.05, 0) is 0 Å². The van der Waals surface area contributed by atoms with Gasteiger partial charge >= 0.3 is 0 Å².